The lowest BCUT2D eigenvalue weighted by atomic mass is 9.52. The van der Waals surface area contributed by atoms with Gasteiger partial charge in [0, 0.05) is 45.6 Å². The van der Waals surface area contributed by atoms with Crippen LogP contribution in [0.15, 0.2) is 29.4 Å². The number of benzene rings is 1. The Hall–Kier alpha value is -2.01. The highest BCUT2D eigenvalue weighted by Gasteiger charge is 2.66. The molecular formula is C22H29N5O. The SMILES string of the molecule is C[C@@H]1CCC[C@H]2C[C@@]3(O)C(C)(C)c4[nH]c5ccccc5c4C[C@]3(N=[N+]=[N-])CN21. The number of aromatic amines is 1. The molecule has 6 heteroatoms. The number of hydrogen-bond donors (Lipinski definition) is 2. The number of nitrogens with one attached hydrogen (secondary N) is 1. The number of piperidine rings is 2. The molecule has 5 rings (SSSR count). The molecule has 3 aliphatic rings. The summed E-state index contributed by atoms with van der Waals surface area (Å²) in [5.41, 5.74) is 10.4. The van der Waals surface area contributed by atoms with Gasteiger partial charge in [-0.1, -0.05) is 43.6 Å². The minimum Gasteiger partial charge on any atom is -0.388 e. The molecule has 0 saturated carbocycles. The van der Waals surface area contributed by atoms with Gasteiger partial charge in [-0.3, -0.25) is 4.90 Å². The topological polar surface area (TPSA) is 88.0 Å². The fraction of sp³-hybridized carbons (Fsp3) is 0.636. The highest BCUT2D eigenvalue weighted by atomic mass is 16.3. The van der Waals surface area contributed by atoms with Crippen LogP contribution in [0, 0.1) is 0 Å². The van der Waals surface area contributed by atoms with E-state index >= 15 is 0 Å². The molecule has 0 radical (unpaired) electrons. The summed E-state index contributed by atoms with van der Waals surface area (Å²) in [4.78, 5) is 9.37. The van der Waals surface area contributed by atoms with E-state index in [9.17, 15) is 10.6 Å². The predicted molar refractivity (Wildman–Crippen MR) is 110 cm³/mol. The van der Waals surface area contributed by atoms with Gasteiger partial charge in [0.15, 0.2) is 0 Å². The third kappa shape index (κ3) is 2.08. The Kier molecular flexibility index (Phi) is 3.71. The van der Waals surface area contributed by atoms with Crippen molar-refractivity contribution in [3.8, 4) is 0 Å². The first-order valence-electron chi connectivity index (χ1n) is 10.5. The molecule has 2 fully saturated rings. The van der Waals surface area contributed by atoms with Gasteiger partial charge in [-0.05, 0) is 49.8 Å². The minimum absolute atomic E-state index is 0.348. The van der Waals surface area contributed by atoms with Crippen LogP contribution >= 0.6 is 0 Å². The van der Waals surface area contributed by atoms with Crippen molar-refractivity contribution in [3.05, 3.63) is 46.0 Å². The summed E-state index contributed by atoms with van der Waals surface area (Å²) in [6.45, 7) is 7.13. The van der Waals surface area contributed by atoms with Crippen LogP contribution in [0.3, 0.4) is 0 Å². The lowest BCUT2D eigenvalue weighted by Gasteiger charge is -2.64. The molecule has 0 spiro atoms. The van der Waals surface area contributed by atoms with Crippen LogP contribution in [0.5, 0.6) is 0 Å². The second-order valence-corrected chi connectivity index (χ2v) is 9.72. The predicted octanol–water partition coefficient (Wildman–Crippen LogP) is 4.43. The number of aliphatic hydroxyl groups is 1. The van der Waals surface area contributed by atoms with E-state index in [0.29, 0.717) is 31.5 Å². The first-order valence-corrected chi connectivity index (χ1v) is 10.5. The minimum atomic E-state index is -1.08. The van der Waals surface area contributed by atoms with E-state index in [2.05, 4.69) is 52.8 Å². The summed E-state index contributed by atoms with van der Waals surface area (Å²) in [5, 5.41) is 17.9. The normalized spacial score (nSPS) is 36.9. The third-order valence-corrected chi connectivity index (χ3v) is 8.12. The van der Waals surface area contributed by atoms with Crippen molar-refractivity contribution in [1.82, 2.24) is 9.88 Å². The lowest BCUT2D eigenvalue weighted by Crippen LogP contribution is -2.76. The first-order chi connectivity index (χ1) is 13.3. The van der Waals surface area contributed by atoms with Crippen molar-refractivity contribution in [1.29, 1.82) is 0 Å². The Balaban J connectivity index is 1.75. The fourth-order valence-corrected chi connectivity index (χ4v) is 6.50. The number of H-pyrrole nitrogens is 1. The molecule has 1 aromatic carbocycles. The summed E-state index contributed by atoms with van der Waals surface area (Å²) < 4.78 is 0. The summed E-state index contributed by atoms with van der Waals surface area (Å²) in [7, 11) is 0. The van der Waals surface area contributed by atoms with Crippen molar-refractivity contribution < 1.29 is 5.11 Å². The van der Waals surface area contributed by atoms with Gasteiger partial charge in [-0.25, -0.2) is 0 Å². The maximum Gasteiger partial charge on any atom is 0.0951 e. The number of hydrogen-bond acceptors (Lipinski definition) is 3. The Morgan fingerprint density at radius 2 is 2.07 bits per heavy atom. The third-order valence-electron chi connectivity index (χ3n) is 8.12. The van der Waals surface area contributed by atoms with Gasteiger partial charge in [0.25, 0.3) is 0 Å². The molecule has 1 aliphatic carbocycles. The van der Waals surface area contributed by atoms with Crippen molar-refractivity contribution in [2.75, 3.05) is 6.54 Å². The average Bonchev–Trinajstić information content (AvgIpc) is 3.03. The fourth-order valence-electron chi connectivity index (χ4n) is 6.50. The number of azide groups is 1. The molecule has 2 N–H and O–H groups in total. The van der Waals surface area contributed by atoms with E-state index in [0.717, 1.165) is 17.6 Å². The molecule has 2 aromatic rings. The Labute approximate surface area is 165 Å². The number of fused-ring (bicyclic) bond motifs is 5. The van der Waals surface area contributed by atoms with Gasteiger partial charge in [0.05, 0.1) is 11.1 Å². The molecule has 3 heterocycles. The molecule has 6 nitrogen and oxygen atoms in total. The van der Waals surface area contributed by atoms with E-state index in [1.165, 1.54) is 23.8 Å². The maximum absolute atomic E-state index is 12.3. The molecule has 2 aliphatic heterocycles. The Morgan fingerprint density at radius 3 is 2.86 bits per heavy atom. The molecule has 4 atom stereocenters. The molecule has 28 heavy (non-hydrogen) atoms. The molecule has 0 bridgehead atoms. The molecular weight excluding hydrogens is 350 g/mol. The van der Waals surface area contributed by atoms with Crippen LogP contribution in [0.1, 0.15) is 57.7 Å². The highest BCUT2D eigenvalue weighted by Crippen LogP contribution is 2.57. The Morgan fingerprint density at radius 1 is 1.29 bits per heavy atom. The van der Waals surface area contributed by atoms with Gasteiger partial charge in [0.2, 0.25) is 0 Å². The molecule has 2 saturated heterocycles. The zero-order valence-electron chi connectivity index (χ0n) is 16.9. The first kappa shape index (κ1) is 18.0. The lowest BCUT2D eigenvalue weighted by molar-refractivity contribution is -0.167. The van der Waals surface area contributed by atoms with E-state index in [1.54, 1.807) is 0 Å². The molecule has 0 amide bonds. The van der Waals surface area contributed by atoms with Crippen LogP contribution < -0.4 is 0 Å². The molecule has 1 aromatic heterocycles. The smallest absolute Gasteiger partial charge is 0.0951 e. The average molecular weight is 380 g/mol. The zero-order valence-corrected chi connectivity index (χ0v) is 16.9. The number of rotatable bonds is 1. The van der Waals surface area contributed by atoms with Crippen molar-refractivity contribution in [3.63, 3.8) is 0 Å². The monoisotopic (exact) mass is 379 g/mol. The van der Waals surface area contributed by atoms with Gasteiger partial charge >= 0.3 is 0 Å². The van der Waals surface area contributed by atoms with Crippen LogP contribution in [0.4, 0.5) is 0 Å². The van der Waals surface area contributed by atoms with Gasteiger partial charge in [-0.2, -0.15) is 0 Å². The number of para-hydroxylation sites is 1. The second kappa shape index (κ2) is 5.76. The number of aromatic nitrogens is 1. The molecule has 148 valence electrons. The van der Waals surface area contributed by atoms with E-state index < -0.39 is 16.6 Å². The summed E-state index contributed by atoms with van der Waals surface area (Å²) in [5.74, 6) is 0. The van der Waals surface area contributed by atoms with Crippen LogP contribution in [0.2, 0.25) is 0 Å². The molecule has 0 unspecified atom stereocenters. The van der Waals surface area contributed by atoms with Gasteiger partial charge in [-0.15, -0.1) is 0 Å². The quantitative estimate of drug-likeness (QED) is 0.436. The highest BCUT2D eigenvalue weighted by molar-refractivity contribution is 5.86. The summed E-state index contributed by atoms with van der Waals surface area (Å²) in [6, 6.07) is 9.10. The van der Waals surface area contributed by atoms with Gasteiger partial charge < -0.3 is 10.1 Å². The summed E-state index contributed by atoms with van der Waals surface area (Å²) in [6.07, 6.45) is 4.70. The van der Waals surface area contributed by atoms with E-state index in [1.807, 2.05) is 12.1 Å². The maximum atomic E-state index is 12.3. The standard InChI is InChI=1S/C22H29N5O/c1-14-7-6-8-15-11-22(28)20(2,3)19-17(16-9-4-5-10-18(16)24-19)12-21(22,25-26-23)13-27(14)15/h4-5,9-10,14-15,24,28H,6-8,11-13H2,1-3H3/t14-,15+,21+,22-/m1/s1. The van der Waals surface area contributed by atoms with Crippen molar-refractivity contribution >= 4 is 10.9 Å². The van der Waals surface area contributed by atoms with E-state index in [-0.39, 0.29) is 0 Å². The number of nitrogens with zero attached hydrogens (tertiary/aromatic N) is 4. The van der Waals surface area contributed by atoms with Crippen molar-refractivity contribution in [2.24, 2.45) is 5.11 Å². The van der Waals surface area contributed by atoms with Gasteiger partial charge in [0.1, 0.15) is 0 Å². The van der Waals surface area contributed by atoms with Crippen LogP contribution in [0.25, 0.3) is 21.3 Å². The van der Waals surface area contributed by atoms with Crippen molar-refractivity contribution in [2.45, 2.75) is 81.5 Å². The zero-order chi connectivity index (χ0) is 19.7. The summed E-state index contributed by atoms with van der Waals surface area (Å²) >= 11 is 0. The van der Waals surface area contributed by atoms with Crippen LogP contribution in [-0.4, -0.2) is 44.8 Å². The largest absolute Gasteiger partial charge is 0.388 e. The second-order valence-electron chi connectivity index (χ2n) is 9.72. The Bertz CT molecular complexity index is 990. The van der Waals surface area contributed by atoms with E-state index in [4.69, 9.17) is 0 Å². The van der Waals surface area contributed by atoms with Crippen LogP contribution in [-0.2, 0) is 11.8 Å².